The quantitative estimate of drug-likeness (QED) is 0.667. The topological polar surface area (TPSA) is 66.8 Å². The van der Waals surface area contributed by atoms with Gasteiger partial charge in [0.05, 0.1) is 7.11 Å². The predicted molar refractivity (Wildman–Crippen MR) is 100 cm³/mol. The Labute approximate surface area is 149 Å². The van der Waals surface area contributed by atoms with Gasteiger partial charge >= 0.3 is 5.97 Å². The maximum Gasteiger partial charge on any atom is 0.340 e. The summed E-state index contributed by atoms with van der Waals surface area (Å²) in [6.07, 6.45) is 11.0. The van der Waals surface area contributed by atoms with E-state index in [1.807, 2.05) is 13.0 Å². The average molecular weight is 344 g/mol. The molecule has 0 bridgehead atoms. The normalized spacial score (nSPS) is 15.4. The molecular weight excluding hydrogens is 316 g/mol. The molecular formula is C21H28O4. The number of carboxylic acid groups (broad SMARTS) is 1. The molecule has 1 aromatic rings. The molecule has 0 radical (unpaired) electrons. The van der Waals surface area contributed by atoms with E-state index in [9.17, 15) is 15.0 Å². The summed E-state index contributed by atoms with van der Waals surface area (Å²) in [5.41, 5.74) is 1.94. The summed E-state index contributed by atoms with van der Waals surface area (Å²) in [5.74, 6) is -0.324. The number of allylic oxidation sites excluding steroid dienone is 2. The van der Waals surface area contributed by atoms with E-state index in [2.05, 4.69) is 12.7 Å². The molecule has 136 valence electrons. The van der Waals surface area contributed by atoms with Crippen LogP contribution in [-0.4, -0.2) is 23.3 Å². The smallest absolute Gasteiger partial charge is 0.340 e. The fourth-order valence-electron chi connectivity index (χ4n) is 3.39. The summed E-state index contributed by atoms with van der Waals surface area (Å²) in [7, 11) is 1.54. The van der Waals surface area contributed by atoms with Gasteiger partial charge in [0.2, 0.25) is 0 Å². The highest BCUT2D eigenvalue weighted by Gasteiger charge is 2.22. The summed E-state index contributed by atoms with van der Waals surface area (Å²) in [5, 5.41) is 20.2. The van der Waals surface area contributed by atoms with Crippen molar-refractivity contribution >= 4 is 12.0 Å². The lowest BCUT2D eigenvalue weighted by Crippen LogP contribution is -2.06. The number of aromatic hydroxyl groups is 1. The minimum Gasteiger partial charge on any atom is -0.507 e. The van der Waals surface area contributed by atoms with Crippen molar-refractivity contribution < 1.29 is 19.7 Å². The van der Waals surface area contributed by atoms with Gasteiger partial charge in [0.15, 0.2) is 0 Å². The third-order valence-electron chi connectivity index (χ3n) is 4.83. The number of hydrogen-bond donors (Lipinski definition) is 2. The maximum absolute atomic E-state index is 11.7. The zero-order valence-corrected chi connectivity index (χ0v) is 15.2. The number of benzene rings is 1. The van der Waals surface area contributed by atoms with E-state index in [1.165, 1.54) is 26.4 Å². The Hall–Kier alpha value is -2.23. The molecule has 0 aromatic heterocycles. The minimum absolute atomic E-state index is 0.0513. The lowest BCUT2D eigenvalue weighted by molar-refractivity contribution is 0.0693. The fraction of sp³-hybridized carbons (Fsp3) is 0.476. The van der Waals surface area contributed by atoms with Gasteiger partial charge in [-0.05, 0) is 50.2 Å². The van der Waals surface area contributed by atoms with Crippen LogP contribution in [0.4, 0.5) is 0 Å². The van der Waals surface area contributed by atoms with Crippen LogP contribution in [0.1, 0.15) is 66.9 Å². The first-order valence-electron chi connectivity index (χ1n) is 8.92. The van der Waals surface area contributed by atoms with Crippen LogP contribution in [0, 0.1) is 5.92 Å². The van der Waals surface area contributed by atoms with Crippen molar-refractivity contribution in [2.75, 3.05) is 7.11 Å². The Balaban J connectivity index is 2.40. The molecule has 0 unspecified atom stereocenters. The molecule has 2 N–H and O–H groups in total. The Morgan fingerprint density at radius 2 is 2.04 bits per heavy atom. The zero-order valence-electron chi connectivity index (χ0n) is 15.2. The van der Waals surface area contributed by atoms with Crippen LogP contribution in [0.25, 0.3) is 6.08 Å². The largest absolute Gasteiger partial charge is 0.507 e. The lowest BCUT2D eigenvalue weighted by atomic mass is 9.88. The van der Waals surface area contributed by atoms with Crippen molar-refractivity contribution in [2.45, 2.75) is 51.9 Å². The van der Waals surface area contributed by atoms with Crippen LogP contribution in [0.3, 0.4) is 0 Å². The number of ether oxygens (including phenoxy) is 1. The molecule has 25 heavy (non-hydrogen) atoms. The van der Waals surface area contributed by atoms with Gasteiger partial charge in [-0.2, -0.15) is 0 Å². The van der Waals surface area contributed by atoms with Gasteiger partial charge in [0.1, 0.15) is 17.1 Å². The van der Waals surface area contributed by atoms with E-state index in [1.54, 1.807) is 6.07 Å². The number of phenols is 1. The number of carbonyl (C=O) groups is 1. The monoisotopic (exact) mass is 344 g/mol. The highest BCUT2D eigenvalue weighted by Crippen LogP contribution is 2.37. The van der Waals surface area contributed by atoms with Gasteiger partial charge in [-0.15, -0.1) is 6.58 Å². The van der Waals surface area contributed by atoms with Crippen molar-refractivity contribution in [1.29, 1.82) is 0 Å². The first-order valence-corrected chi connectivity index (χ1v) is 8.92. The molecule has 0 amide bonds. The number of methoxy groups -OCH3 is 1. The fourth-order valence-corrected chi connectivity index (χ4v) is 3.39. The summed E-state index contributed by atoms with van der Waals surface area (Å²) in [6, 6.07) is 1.72. The van der Waals surface area contributed by atoms with Crippen LogP contribution < -0.4 is 4.74 Å². The van der Waals surface area contributed by atoms with Gasteiger partial charge in [0.25, 0.3) is 0 Å². The zero-order chi connectivity index (χ0) is 18.4. The van der Waals surface area contributed by atoms with Crippen LogP contribution in [-0.2, 0) is 6.42 Å². The molecule has 4 heteroatoms. The standard InChI is InChI=1S/C21H28O4/c1-14(2)9-12-17-18(25-3)13-16(19(20(17)22)21(23)24)11-10-15-7-5-4-6-8-15/h10-11,13,15,22H,1,4-9,12H2,2-3H3,(H,23,24). The molecule has 1 aromatic carbocycles. The van der Waals surface area contributed by atoms with Gasteiger partial charge in [-0.3, -0.25) is 0 Å². The number of aromatic carboxylic acids is 1. The molecule has 4 nitrogen and oxygen atoms in total. The van der Waals surface area contributed by atoms with E-state index >= 15 is 0 Å². The SMILES string of the molecule is C=C(C)CCc1c(OC)cc(C=CC2CCCCC2)c(C(=O)O)c1O. The number of carboxylic acids is 1. The van der Waals surface area contributed by atoms with Crippen molar-refractivity contribution in [3.05, 3.63) is 41.0 Å². The lowest BCUT2D eigenvalue weighted by Gasteiger charge is -2.18. The molecule has 1 saturated carbocycles. The van der Waals surface area contributed by atoms with Crippen molar-refractivity contribution in [2.24, 2.45) is 5.92 Å². The van der Waals surface area contributed by atoms with E-state index in [0.717, 1.165) is 18.4 Å². The third kappa shape index (κ3) is 4.88. The van der Waals surface area contributed by atoms with Crippen LogP contribution in [0.15, 0.2) is 24.3 Å². The molecule has 0 aliphatic heterocycles. The second-order valence-electron chi connectivity index (χ2n) is 6.89. The van der Waals surface area contributed by atoms with Crippen LogP contribution in [0.2, 0.25) is 0 Å². The average Bonchev–Trinajstić information content (AvgIpc) is 2.58. The predicted octanol–water partition coefficient (Wildman–Crippen LogP) is 5.20. The van der Waals surface area contributed by atoms with Crippen molar-refractivity contribution in [1.82, 2.24) is 0 Å². The molecule has 0 spiro atoms. The van der Waals surface area contributed by atoms with E-state index < -0.39 is 5.97 Å². The number of hydrogen-bond acceptors (Lipinski definition) is 3. The molecule has 0 atom stereocenters. The van der Waals surface area contributed by atoms with Crippen molar-refractivity contribution in [3.8, 4) is 11.5 Å². The maximum atomic E-state index is 11.7. The van der Waals surface area contributed by atoms with Gasteiger partial charge < -0.3 is 14.9 Å². The summed E-state index contributed by atoms with van der Waals surface area (Å²) in [4.78, 5) is 11.7. The Morgan fingerprint density at radius 3 is 2.60 bits per heavy atom. The second-order valence-corrected chi connectivity index (χ2v) is 6.89. The Kier molecular flexibility index (Phi) is 6.68. The van der Waals surface area contributed by atoms with Crippen LogP contribution in [0.5, 0.6) is 11.5 Å². The molecule has 1 fully saturated rings. The van der Waals surface area contributed by atoms with E-state index in [4.69, 9.17) is 4.74 Å². The molecule has 1 aliphatic rings. The van der Waals surface area contributed by atoms with E-state index in [0.29, 0.717) is 35.6 Å². The van der Waals surface area contributed by atoms with Crippen LogP contribution >= 0.6 is 0 Å². The van der Waals surface area contributed by atoms with Gasteiger partial charge in [-0.1, -0.05) is 37.0 Å². The molecule has 1 aliphatic carbocycles. The van der Waals surface area contributed by atoms with Gasteiger partial charge in [-0.25, -0.2) is 4.79 Å². The van der Waals surface area contributed by atoms with Crippen molar-refractivity contribution in [3.63, 3.8) is 0 Å². The summed E-state index contributed by atoms with van der Waals surface area (Å²) < 4.78 is 5.41. The first-order chi connectivity index (χ1) is 11.9. The number of rotatable bonds is 7. The molecule has 0 heterocycles. The first kappa shape index (κ1) is 19.1. The Morgan fingerprint density at radius 1 is 1.36 bits per heavy atom. The highest BCUT2D eigenvalue weighted by molar-refractivity contribution is 5.96. The third-order valence-corrected chi connectivity index (χ3v) is 4.83. The Bertz CT molecular complexity index is 667. The summed E-state index contributed by atoms with van der Waals surface area (Å²) >= 11 is 0. The van der Waals surface area contributed by atoms with Gasteiger partial charge in [0, 0.05) is 5.56 Å². The molecule has 0 saturated heterocycles. The minimum atomic E-state index is -1.12. The highest BCUT2D eigenvalue weighted by atomic mass is 16.5. The van der Waals surface area contributed by atoms with E-state index in [-0.39, 0.29) is 11.3 Å². The molecule has 2 rings (SSSR count). The second kappa shape index (κ2) is 8.75. The summed E-state index contributed by atoms with van der Waals surface area (Å²) in [6.45, 7) is 5.77.